The average Bonchev–Trinajstić information content (AvgIpc) is 2.76. The van der Waals surface area contributed by atoms with Gasteiger partial charge in [-0.25, -0.2) is 4.98 Å². The van der Waals surface area contributed by atoms with E-state index in [0.29, 0.717) is 11.5 Å². The number of hydrogen-bond acceptors (Lipinski definition) is 4. The van der Waals surface area contributed by atoms with Crippen LogP contribution < -0.4 is 10.6 Å². The van der Waals surface area contributed by atoms with Crippen LogP contribution in [0.4, 0.5) is 5.82 Å². The molecule has 2 heterocycles. The highest BCUT2D eigenvalue weighted by atomic mass is 16.3. The van der Waals surface area contributed by atoms with Gasteiger partial charge in [0.05, 0.1) is 5.56 Å². The minimum absolute atomic E-state index is 0.0416. The van der Waals surface area contributed by atoms with Crippen molar-refractivity contribution in [2.45, 2.75) is 13.3 Å². The summed E-state index contributed by atoms with van der Waals surface area (Å²) in [5.74, 6) is 1.12. The van der Waals surface area contributed by atoms with Gasteiger partial charge in [-0.15, -0.1) is 0 Å². The van der Waals surface area contributed by atoms with Crippen LogP contribution in [0.5, 0.6) is 0 Å². The summed E-state index contributed by atoms with van der Waals surface area (Å²) in [7, 11) is 0. The number of anilines is 1. The molecule has 1 fully saturated rings. The monoisotopic (exact) mass is 234 g/mol. The van der Waals surface area contributed by atoms with Crippen LogP contribution in [0.15, 0.2) is 12.1 Å². The van der Waals surface area contributed by atoms with E-state index in [4.69, 9.17) is 16.2 Å². The molecule has 0 spiro atoms. The predicted octanol–water partition coefficient (Wildman–Crippen LogP) is 0.493. The number of hydrogen-bond donors (Lipinski definition) is 3. The largest absolute Gasteiger partial charge is 0.396 e. The fourth-order valence-corrected chi connectivity index (χ4v) is 2.17. The molecular formula is C12H18N4O. The van der Waals surface area contributed by atoms with Gasteiger partial charge in [0.25, 0.3) is 0 Å². The van der Waals surface area contributed by atoms with E-state index in [1.165, 1.54) is 0 Å². The highest BCUT2D eigenvalue weighted by molar-refractivity contribution is 5.99. The van der Waals surface area contributed by atoms with Crippen molar-refractivity contribution in [1.82, 2.24) is 4.98 Å². The van der Waals surface area contributed by atoms with Gasteiger partial charge in [0.2, 0.25) is 0 Å². The topological polar surface area (TPSA) is 86.2 Å². The van der Waals surface area contributed by atoms with Crippen molar-refractivity contribution >= 4 is 11.7 Å². The van der Waals surface area contributed by atoms with Gasteiger partial charge in [-0.3, -0.25) is 5.41 Å². The van der Waals surface area contributed by atoms with Crippen molar-refractivity contribution in [2.24, 2.45) is 11.7 Å². The number of aryl methyl sites for hydroxylation is 1. The summed E-state index contributed by atoms with van der Waals surface area (Å²) in [5.41, 5.74) is 7.16. The van der Waals surface area contributed by atoms with Crippen LogP contribution in [-0.2, 0) is 0 Å². The van der Waals surface area contributed by atoms with Crippen LogP contribution in [0.2, 0.25) is 0 Å². The summed E-state index contributed by atoms with van der Waals surface area (Å²) in [4.78, 5) is 6.57. The molecule has 0 radical (unpaired) electrons. The van der Waals surface area contributed by atoms with Gasteiger partial charge >= 0.3 is 0 Å². The Morgan fingerprint density at radius 2 is 2.41 bits per heavy atom. The first-order valence-corrected chi connectivity index (χ1v) is 5.79. The van der Waals surface area contributed by atoms with Crippen LogP contribution in [0, 0.1) is 18.3 Å². The molecule has 0 amide bonds. The maximum Gasteiger partial charge on any atom is 0.139 e. The number of aromatic nitrogens is 1. The molecule has 1 unspecified atom stereocenters. The zero-order valence-corrected chi connectivity index (χ0v) is 9.98. The Balaban J connectivity index is 2.31. The predicted molar refractivity (Wildman–Crippen MR) is 67.4 cm³/mol. The lowest BCUT2D eigenvalue weighted by Crippen LogP contribution is -2.26. The second-order valence-corrected chi connectivity index (χ2v) is 4.52. The standard InChI is InChI=1S/C12H18N4O/c1-8-2-3-10(11(13)14)12(15-8)16-5-4-9(6-16)7-17/h2-3,9,17H,4-7H2,1H3,(H3,13,14). The van der Waals surface area contributed by atoms with E-state index in [9.17, 15) is 0 Å². The fraction of sp³-hybridized carbons (Fsp3) is 0.500. The van der Waals surface area contributed by atoms with Gasteiger partial charge < -0.3 is 15.7 Å². The Labute approximate surface area is 101 Å². The number of nitrogens with zero attached hydrogens (tertiary/aromatic N) is 2. The van der Waals surface area contributed by atoms with Gasteiger partial charge in [0.1, 0.15) is 11.7 Å². The number of aliphatic hydroxyl groups is 1. The van der Waals surface area contributed by atoms with E-state index >= 15 is 0 Å². The van der Waals surface area contributed by atoms with E-state index < -0.39 is 0 Å². The molecule has 0 bridgehead atoms. The fourth-order valence-electron chi connectivity index (χ4n) is 2.17. The van der Waals surface area contributed by atoms with E-state index in [0.717, 1.165) is 31.0 Å². The molecule has 1 aromatic heterocycles. The van der Waals surface area contributed by atoms with Crippen molar-refractivity contribution in [3.05, 3.63) is 23.4 Å². The molecular weight excluding hydrogens is 216 g/mol. The third-order valence-electron chi connectivity index (χ3n) is 3.15. The number of nitrogen functional groups attached to an aromatic ring is 1. The molecule has 0 aromatic carbocycles. The lowest BCUT2D eigenvalue weighted by Gasteiger charge is -2.20. The Hall–Kier alpha value is -1.62. The molecule has 1 aromatic rings. The SMILES string of the molecule is Cc1ccc(C(=N)N)c(N2CCC(CO)C2)n1. The summed E-state index contributed by atoms with van der Waals surface area (Å²) in [6.45, 7) is 3.78. The molecule has 1 aliphatic rings. The molecule has 4 N–H and O–H groups in total. The first kappa shape index (κ1) is 11.9. The third kappa shape index (κ3) is 2.39. The molecule has 0 aliphatic carbocycles. The van der Waals surface area contributed by atoms with Crippen molar-refractivity contribution in [2.75, 3.05) is 24.6 Å². The minimum atomic E-state index is 0.0416. The second-order valence-electron chi connectivity index (χ2n) is 4.52. The highest BCUT2D eigenvalue weighted by Gasteiger charge is 2.25. The Bertz CT molecular complexity index is 433. The normalized spacial score (nSPS) is 19.6. The summed E-state index contributed by atoms with van der Waals surface area (Å²) >= 11 is 0. The van der Waals surface area contributed by atoms with Crippen molar-refractivity contribution in [1.29, 1.82) is 5.41 Å². The summed E-state index contributed by atoms with van der Waals surface area (Å²) in [6, 6.07) is 3.70. The van der Waals surface area contributed by atoms with Crippen LogP contribution in [0.3, 0.4) is 0 Å². The van der Waals surface area contributed by atoms with Gasteiger partial charge in [0, 0.05) is 31.3 Å². The number of pyridine rings is 1. The van der Waals surface area contributed by atoms with E-state index in [2.05, 4.69) is 9.88 Å². The molecule has 17 heavy (non-hydrogen) atoms. The van der Waals surface area contributed by atoms with Crippen LogP contribution in [-0.4, -0.2) is 35.6 Å². The van der Waals surface area contributed by atoms with Crippen LogP contribution in [0.25, 0.3) is 0 Å². The number of rotatable bonds is 3. The van der Waals surface area contributed by atoms with Crippen molar-refractivity contribution in [3.8, 4) is 0 Å². The van der Waals surface area contributed by atoms with E-state index in [1.807, 2.05) is 19.1 Å². The van der Waals surface area contributed by atoms with Gasteiger partial charge in [-0.05, 0) is 25.5 Å². The molecule has 1 atom stereocenters. The molecule has 1 saturated heterocycles. The van der Waals surface area contributed by atoms with Gasteiger partial charge in [0.15, 0.2) is 0 Å². The van der Waals surface area contributed by atoms with Crippen molar-refractivity contribution in [3.63, 3.8) is 0 Å². The van der Waals surface area contributed by atoms with Gasteiger partial charge in [-0.2, -0.15) is 0 Å². The van der Waals surface area contributed by atoms with Crippen LogP contribution in [0.1, 0.15) is 17.7 Å². The second kappa shape index (κ2) is 4.71. The summed E-state index contributed by atoms with van der Waals surface area (Å²) in [6.07, 6.45) is 0.962. The smallest absolute Gasteiger partial charge is 0.139 e. The molecule has 1 aliphatic heterocycles. The Kier molecular flexibility index (Phi) is 3.28. The zero-order valence-electron chi connectivity index (χ0n) is 9.98. The average molecular weight is 234 g/mol. The maximum absolute atomic E-state index is 9.15. The number of aliphatic hydroxyl groups excluding tert-OH is 1. The first-order chi connectivity index (χ1) is 8.11. The number of nitrogens with one attached hydrogen (secondary N) is 1. The van der Waals surface area contributed by atoms with Gasteiger partial charge in [-0.1, -0.05) is 0 Å². The Morgan fingerprint density at radius 1 is 1.65 bits per heavy atom. The highest BCUT2D eigenvalue weighted by Crippen LogP contribution is 2.25. The molecule has 5 nitrogen and oxygen atoms in total. The molecule has 0 saturated carbocycles. The minimum Gasteiger partial charge on any atom is -0.396 e. The molecule has 92 valence electrons. The summed E-state index contributed by atoms with van der Waals surface area (Å²) in [5, 5.41) is 16.7. The zero-order chi connectivity index (χ0) is 12.4. The number of nitrogens with two attached hydrogens (primary N) is 1. The first-order valence-electron chi connectivity index (χ1n) is 5.79. The lowest BCUT2D eigenvalue weighted by atomic mass is 10.1. The third-order valence-corrected chi connectivity index (χ3v) is 3.15. The Morgan fingerprint density at radius 3 is 3.00 bits per heavy atom. The van der Waals surface area contributed by atoms with E-state index in [-0.39, 0.29) is 12.4 Å². The summed E-state index contributed by atoms with van der Waals surface area (Å²) < 4.78 is 0. The van der Waals surface area contributed by atoms with Crippen molar-refractivity contribution < 1.29 is 5.11 Å². The van der Waals surface area contributed by atoms with E-state index in [1.54, 1.807) is 0 Å². The maximum atomic E-state index is 9.15. The quantitative estimate of drug-likeness (QED) is 0.525. The molecule has 5 heteroatoms. The van der Waals surface area contributed by atoms with Crippen LogP contribution >= 0.6 is 0 Å². The number of amidine groups is 1. The molecule has 2 rings (SSSR count). The lowest BCUT2D eigenvalue weighted by molar-refractivity contribution is 0.238.